The van der Waals surface area contributed by atoms with Crippen molar-refractivity contribution in [1.29, 1.82) is 0 Å². The Morgan fingerprint density at radius 1 is 1.33 bits per heavy atom. The minimum absolute atomic E-state index is 0.265. The minimum atomic E-state index is -0.930. The van der Waals surface area contributed by atoms with Crippen molar-refractivity contribution in [1.82, 2.24) is 9.78 Å². The highest BCUT2D eigenvalue weighted by atomic mass is 16.6. The molecule has 0 aliphatic rings. The van der Waals surface area contributed by atoms with Gasteiger partial charge >= 0.3 is 11.8 Å². The van der Waals surface area contributed by atoms with E-state index in [0.717, 1.165) is 6.20 Å². The van der Waals surface area contributed by atoms with Crippen LogP contribution in [0.25, 0.3) is 0 Å². The molecule has 0 bridgehead atoms. The van der Waals surface area contributed by atoms with E-state index in [0.29, 0.717) is 4.68 Å². The topological polar surface area (TPSA) is 116 Å². The van der Waals surface area contributed by atoms with Crippen LogP contribution in [0.2, 0.25) is 0 Å². The molecule has 0 radical (unpaired) electrons. The number of aromatic nitrogens is 2. The average Bonchev–Trinajstić information content (AvgIpc) is 2.83. The number of nitro groups is 1. The molecule has 1 heterocycles. The molecule has 1 aromatic carbocycles. The molecule has 9 nitrogen and oxygen atoms in total. The zero-order valence-corrected chi connectivity index (χ0v) is 10.8. The third-order valence-corrected chi connectivity index (χ3v) is 2.32. The molecule has 9 heteroatoms. The van der Waals surface area contributed by atoms with E-state index in [-0.39, 0.29) is 11.6 Å². The van der Waals surface area contributed by atoms with Crippen LogP contribution in [0.3, 0.4) is 0 Å². The van der Waals surface area contributed by atoms with Crippen molar-refractivity contribution < 1.29 is 19.2 Å². The molecule has 1 aromatic heterocycles. The Bertz CT molecular complexity index is 695. The number of para-hydroxylation sites is 1. The molecule has 0 spiro atoms. The fourth-order valence-electron chi connectivity index (χ4n) is 1.48. The fourth-order valence-corrected chi connectivity index (χ4v) is 1.48. The SMILES string of the molecule is CC(=O)Nc1nn(C(=O)Oc2ccccc2)cc1[N+](=O)[O-]. The quantitative estimate of drug-likeness (QED) is 0.680. The van der Waals surface area contributed by atoms with Gasteiger partial charge in [-0.2, -0.15) is 4.68 Å². The molecule has 1 amide bonds. The van der Waals surface area contributed by atoms with Crippen molar-refractivity contribution in [3.63, 3.8) is 0 Å². The molecule has 0 saturated carbocycles. The zero-order chi connectivity index (χ0) is 15.4. The molecule has 0 unspecified atom stereocenters. The van der Waals surface area contributed by atoms with Crippen LogP contribution < -0.4 is 10.1 Å². The van der Waals surface area contributed by atoms with Gasteiger partial charge in [-0.15, -0.1) is 5.10 Å². The normalized spacial score (nSPS) is 9.95. The third kappa shape index (κ3) is 3.41. The summed E-state index contributed by atoms with van der Waals surface area (Å²) in [5.74, 6) is -0.598. The third-order valence-electron chi connectivity index (χ3n) is 2.32. The summed E-state index contributed by atoms with van der Waals surface area (Å²) in [4.78, 5) is 32.9. The van der Waals surface area contributed by atoms with Crippen molar-refractivity contribution in [3.8, 4) is 5.75 Å². The number of ether oxygens (including phenoxy) is 1. The molecule has 108 valence electrons. The first kappa shape index (κ1) is 14.2. The van der Waals surface area contributed by atoms with E-state index in [1.165, 1.54) is 6.92 Å². The van der Waals surface area contributed by atoms with Gasteiger partial charge in [0.2, 0.25) is 11.7 Å². The smallest absolute Gasteiger partial charge is 0.409 e. The number of hydrogen-bond acceptors (Lipinski definition) is 6. The predicted molar refractivity (Wildman–Crippen MR) is 71.0 cm³/mol. The van der Waals surface area contributed by atoms with Gasteiger partial charge in [0, 0.05) is 6.92 Å². The number of carbonyl (C=O) groups is 2. The van der Waals surface area contributed by atoms with E-state index in [2.05, 4.69) is 10.4 Å². The lowest BCUT2D eigenvalue weighted by molar-refractivity contribution is -0.384. The summed E-state index contributed by atoms with van der Waals surface area (Å²) < 4.78 is 5.63. The number of anilines is 1. The Balaban J connectivity index is 2.25. The van der Waals surface area contributed by atoms with Crippen molar-refractivity contribution in [2.24, 2.45) is 0 Å². The van der Waals surface area contributed by atoms with Crippen molar-refractivity contribution in [3.05, 3.63) is 46.6 Å². The van der Waals surface area contributed by atoms with Crippen molar-refractivity contribution in [2.75, 3.05) is 5.32 Å². The van der Waals surface area contributed by atoms with E-state index in [1.54, 1.807) is 30.3 Å². The fraction of sp³-hybridized carbons (Fsp3) is 0.0833. The molecular formula is C12H10N4O5. The van der Waals surface area contributed by atoms with Crippen LogP contribution >= 0.6 is 0 Å². The molecule has 0 saturated heterocycles. The molecule has 0 aliphatic heterocycles. The molecule has 2 aromatic rings. The summed E-state index contributed by atoms with van der Waals surface area (Å²) in [5.41, 5.74) is -0.504. The second-order valence-corrected chi connectivity index (χ2v) is 3.93. The summed E-state index contributed by atoms with van der Waals surface area (Å²) in [6.45, 7) is 1.17. The highest BCUT2D eigenvalue weighted by Gasteiger charge is 2.23. The summed E-state index contributed by atoms with van der Waals surface area (Å²) in [5, 5.41) is 16.7. The minimum Gasteiger partial charge on any atom is -0.409 e. The van der Waals surface area contributed by atoms with Gasteiger partial charge in [-0.1, -0.05) is 18.2 Å². The summed E-state index contributed by atoms with van der Waals surface area (Å²) >= 11 is 0. The van der Waals surface area contributed by atoms with Gasteiger partial charge in [-0.25, -0.2) is 4.79 Å². The molecule has 21 heavy (non-hydrogen) atoms. The van der Waals surface area contributed by atoms with Gasteiger partial charge in [-0.3, -0.25) is 14.9 Å². The number of hydrogen-bond donors (Lipinski definition) is 1. The first-order valence-corrected chi connectivity index (χ1v) is 5.76. The van der Waals surface area contributed by atoms with Gasteiger partial charge in [0.25, 0.3) is 0 Å². The predicted octanol–water partition coefficient (Wildman–Crippen LogP) is 1.80. The second kappa shape index (κ2) is 5.82. The van der Waals surface area contributed by atoms with E-state index >= 15 is 0 Å². The number of benzene rings is 1. The van der Waals surface area contributed by atoms with Crippen LogP contribution in [0.1, 0.15) is 6.92 Å². The van der Waals surface area contributed by atoms with E-state index in [4.69, 9.17) is 4.74 Å². The highest BCUT2D eigenvalue weighted by Crippen LogP contribution is 2.22. The Labute approximate surface area is 118 Å². The molecule has 0 aliphatic carbocycles. The zero-order valence-electron chi connectivity index (χ0n) is 10.8. The lowest BCUT2D eigenvalue weighted by Gasteiger charge is -2.02. The van der Waals surface area contributed by atoms with E-state index in [9.17, 15) is 19.7 Å². The number of nitrogens with zero attached hydrogens (tertiary/aromatic N) is 3. The monoisotopic (exact) mass is 290 g/mol. The average molecular weight is 290 g/mol. The Hall–Kier alpha value is -3.23. The largest absolute Gasteiger partial charge is 0.440 e. The Kier molecular flexibility index (Phi) is 3.93. The molecule has 2 rings (SSSR count). The van der Waals surface area contributed by atoms with Crippen molar-refractivity contribution in [2.45, 2.75) is 6.92 Å². The van der Waals surface area contributed by atoms with Crippen LogP contribution in [0, 0.1) is 10.1 Å². The maximum absolute atomic E-state index is 11.8. The van der Waals surface area contributed by atoms with Gasteiger partial charge in [0.15, 0.2) is 0 Å². The Morgan fingerprint density at radius 3 is 2.57 bits per heavy atom. The standard InChI is InChI=1S/C12H10N4O5/c1-8(17)13-11-10(16(19)20)7-15(14-11)12(18)21-9-5-3-2-4-6-9/h2-7H,1H3,(H,13,14,17). The summed E-state index contributed by atoms with van der Waals surface area (Å²) in [7, 11) is 0. The first-order valence-electron chi connectivity index (χ1n) is 5.76. The maximum Gasteiger partial charge on any atom is 0.440 e. The van der Waals surface area contributed by atoms with E-state index < -0.39 is 22.6 Å². The second-order valence-electron chi connectivity index (χ2n) is 3.93. The van der Waals surface area contributed by atoms with Gasteiger partial charge in [-0.05, 0) is 12.1 Å². The molecule has 0 atom stereocenters. The van der Waals surface area contributed by atoms with Crippen LogP contribution in [0.5, 0.6) is 5.75 Å². The summed E-state index contributed by atoms with van der Waals surface area (Å²) in [6.07, 6.45) is -0.0581. The van der Waals surface area contributed by atoms with Gasteiger partial charge < -0.3 is 10.1 Å². The Morgan fingerprint density at radius 2 is 2.00 bits per heavy atom. The number of amides is 1. The number of rotatable bonds is 3. The van der Waals surface area contributed by atoms with Crippen LogP contribution in [0.15, 0.2) is 36.5 Å². The lowest BCUT2D eigenvalue weighted by Crippen LogP contribution is -2.18. The lowest BCUT2D eigenvalue weighted by atomic mass is 10.3. The van der Waals surface area contributed by atoms with Gasteiger partial charge in [0.1, 0.15) is 11.9 Å². The summed E-state index contributed by atoms with van der Waals surface area (Å²) in [6, 6.07) is 8.16. The first-order chi connectivity index (χ1) is 9.97. The molecule has 1 N–H and O–H groups in total. The number of carbonyl (C=O) groups excluding carboxylic acids is 2. The highest BCUT2D eigenvalue weighted by molar-refractivity contribution is 5.90. The van der Waals surface area contributed by atoms with Crippen LogP contribution in [0.4, 0.5) is 16.3 Å². The number of nitrogens with one attached hydrogen (secondary N) is 1. The van der Waals surface area contributed by atoms with E-state index in [1.807, 2.05) is 0 Å². The molecule has 0 fully saturated rings. The van der Waals surface area contributed by atoms with Crippen LogP contribution in [-0.4, -0.2) is 26.7 Å². The van der Waals surface area contributed by atoms with Gasteiger partial charge in [0.05, 0.1) is 4.92 Å². The van der Waals surface area contributed by atoms with Crippen molar-refractivity contribution >= 4 is 23.5 Å². The molecular weight excluding hydrogens is 280 g/mol. The maximum atomic E-state index is 11.8. The van der Waals surface area contributed by atoms with Crippen LogP contribution in [-0.2, 0) is 4.79 Å².